The van der Waals surface area contributed by atoms with Gasteiger partial charge in [0, 0.05) is 16.7 Å². The zero-order chi connectivity index (χ0) is 20.2. The Bertz CT molecular complexity index is 1690. The predicted octanol–water partition coefficient (Wildman–Crippen LogP) is 6.40. The lowest BCUT2D eigenvalue weighted by Crippen LogP contribution is -2.23. The summed E-state index contributed by atoms with van der Waals surface area (Å²) in [6, 6.07) is 27.7. The van der Waals surface area contributed by atoms with Gasteiger partial charge in [-0.3, -0.25) is 0 Å². The lowest BCUT2D eigenvalue weighted by atomic mass is 9.92. The van der Waals surface area contributed by atoms with Gasteiger partial charge >= 0.3 is 0 Å². The Labute approximate surface area is 178 Å². The molecule has 0 spiro atoms. The van der Waals surface area contributed by atoms with Crippen molar-refractivity contribution < 1.29 is 4.42 Å². The summed E-state index contributed by atoms with van der Waals surface area (Å²) in [5.41, 5.74) is 8.08. The number of benzene rings is 4. The van der Waals surface area contributed by atoms with Gasteiger partial charge in [-0.2, -0.15) is 0 Å². The van der Waals surface area contributed by atoms with Crippen LogP contribution in [0.4, 0.5) is 0 Å². The Hall–Kier alpha value is -3.51. The Morgan fingerprint density at radius 2 is 1.50 bits per heavy atom. The summed E-state index contributed by atoms with van der Waals surface area (Å²) in [7, 11) is 0. The molecule has 1 aromatic heterocycles. The van der Waals surface area contributed by atoms with Crippen LogP contribution in [0.25, 0.3) is 43.8 Å². The quantitative estimate of drug-likeness (QED) is 0.294. The second-order valence-corrected chi connectivity index (χ2v) is 8.07. The molecule has 1 aliphatic rings. The largest absolute Gasteiger partial charge is 0.448 e. The third kappa shape index (κ3) is 2.50. The maximum Gasteiger partial charge on any atom is 0.178 e. The van der Waals surface area contributed by atoms with Crippen LogP contribution in [0, 0.1) is 0 Å². The summed E-state index contributed by atoms with van der Waals surface area (Å²) in [5, 5.41) is 7.78. The molecule has 6 rings (SSSR count). The Kier molecular flexibility index (Phi) is 3.76. The highest BCUT2D eigenvalue weighted by Gasteiger charge is 2.16. The lowest BCUT2D eigenvalue weighted by Gasteiger charge is -2.12. The number of para-hydroxylation sites is 1. The summed E-state index contributed by atoms with van der Waals surface area (Å²) in [6.07, 6.45) is 1.81. The van der Waals surface area contributed by atoms with E-state index in [1.54, 1.807) is 6.08 Å². The molecule has 142 valence electrons. The van der Waals surface area contributed by atoms with E-state index in [9.17, 15) is 0 Å². The standard InChI is InChI=1S/C28H17ClO/c1-17-24(29)14-15-26-28(23-8-4-5-9-25(23)30-26)27(17)20-12-13-22-19(16-20)11-10-18-6-2-3-7-21(18)22/h2-14,16H,1H3. The molecule has 0 fully saturated rings. The van der Waals surface area contributed by atoms with E-state index in [0.29, 0.717) is 5.03 Å². The molecular weight excluding hydrogens is 388 g/mol. The van der Waals surface area contributed by atoms with Gasteiger partial charge in [0.25, 0.3) is 0 Å². The lowest BCUT2D eigenvalue weighted by molar-refractivity contribution is 0.576. The van der Waals surface area contributed by atoms with E-state index >= 15 is 0 Å². The van der Waals surface area contributed by atoms with E-state index in [1.165, 1.54) is 21.5 Å². The van der Waals surface area contributed by atoms with Gasteiger partial charge in [0.05, 0.1) is 5.03 Å². The number of hydrogen-bond acceptors (Lipinski definition) is 1. The van der Waals surface area contributed by atoms with Crippen molar-refractivity contribution >= 4 is 55.4 Å². The smallest absolute Gasteiger partial charge is 0.178 e. The molecule has 0 atom stereocenters. The second-order valence-electron chi connectivity index (χ2n) is 7.66. The number of fused-ring (bicyclic) bond motifs is 6. The number of rotatable bonds is 1. The van der Waals surface area contributed by atoms with Gasteiger partial charge < -0.3 is 4.42 Å². The van der Waals surface area contributed by atoms with Crippen molar-refractivity contribution in [2.45, 2.75) is 6.92 Å². The van der Waals surface area contributed by atoms with Gasteiger partial charge in [0.15, 0.2) is 5.42 Å². The molecule has 0 saturated heterocycles. The van der Waals surface area contributed by atoms with Crippen molar-refractivity contribution in [3.63, 3.8) is 0 Å². The van der Waals surface area contributed by atoms with Gasteiger partial charge in [-0.1, -0.05) is 84.1 Å². The zero-order valence-corrected chi connectivity index (χ0v) is 17.1. The van der Waals surface area contributed by atoms with Gasteiger partial charge in [0.2, 0.25) is 0 Å². The van der Waals surface area contributed by atoms with Crippen molar-refractivity contribution in [1.29, 1.82) is 0 Å². The fourth-order valence-corrected chi connectivity index (χ4v) is 4.62. The van der Waals surface area contributed by atoms with Crippen molar-refractivity contribution in [2.75, 3.05) is 0 Å². The normalized spacial score (nSPS) is 13.7. The first-order valence-electron chi connectivity index (χ1n) is 9.98. The van der Waals surface area contributed by atoms with Gasteiger partial charge in [0.1, 0.15) is 5.58 Å². The van der Waals surface area contributed by atoms with Crippen LogP contribution < -0.4 is 10.6 Å². The van der Waals surface area contributed by atoms with Crippen molar-refractivity contribution in [2.24, 2.45) is 0 Å². The van der Waals surface area contributed by atoms with E-state index in [-0.39, 0.29) is 0 Å². The molecule has 5 aromatic rings. The summed E-state index contributed by atoms with van der Waals surface area (Å²) < 4.78 is 6.12. The summed E-state index contributed by atoms with van der Waals surface area (Å²) in [4.78, 5) is 0. The van der Waals surface area contributed by atoms with Crippen LogP contribution >= 0.6 is 11.6 Å². The average molecular weight is 405 g/mol. The monoisotopic (exact) mass is 404 g/mol. The first kappa shape index (κ1) is 17.4. The van der Waals surface area contributed by atoms with Crippen molar-refractivity contribution in [1.82, 2.24) is 0 Å². The van der Waals surface area contributed by atoms with Crippen LogP contribution in [0.3, 0.4) is 0 Å². The first-order chi connectivity index (χ1) is 14.7. The predicted molar refractivity (Wildman–Crippen MR) is 126 cm³/mol. The van der Waals surface area contributed by atoms with E-state index in [1.807, 2.05) is 18.2 Å². The zero-order valence-electron chi connectivity index (χ0n) is 16.4. The minimum absolute atomic E-state index is 0.680. The Morgan fingerprint density at radius 1 is 0.767 bits per heavy atom. The van der Waals surface area contributed by atoms with Gasteiger partial charge in [-0.05, 0) is 57.3 Å². The van der Waals surface area contributed by atoms with Crippen LogP contribution in [-0.2, 0) is 0 Å². The molecule has 0 unspecified atom stereocenters. The fourth-order valence-electron chi connectivity index (χ4n) is 4.47. The molecule has 2 heteroatoms. The van der Waals surface area contributed by atoms with Crippen LogP contribution in [-0.4, -0.2) is 0 Å². The third-order valence-electron chi connectivity index (χ3n) is 5.94. The van der Waals surface area contributed by atoms with Crippen LogP contribution in [0.1, 0.15) is 12.5 Å². The molecule has 1 aliphatic carbocycles. The number of furan rings is 1. The van der Waals surface area contributed by atoms with E-state index < -0.39 is 0 Å². The molecule has 1 nitrogen and oxygen atoms in total. The van der Waals surface area contributed by atoms with Crippen LogP contribution in [0.5, 0.6) is 0 Å². The van der Waals surface area contributed by atoms with Gasteiger partial charge in [-0.25, -0.2) is 0 Å². The minimum atomic E-state index is 0.680. The summed E-state index contributed by atoms with van der Waals surface area (Å²) >= 11 is 6.61. The molecule has 0 radical (unpaired) electrons. The van der Waals surface area contributed by atoms with Crippen LogP contribution in [0.15, 0.2) is 100.0 Å². The highest BCUT2D eigenvalue weighted by atomic mass is 35.5. The summed E-state index contributed by atoms with van der Waals surface area (Å²) in [5.74, 6) is 0. The molecule has 0 bridgehead atoms. The highest BCUT2D eigenvalue weighted by molar-refractivity contribution is 6.32. The number of hydrogen-bond donors (Lipinski definition) is 0. The second kappa shape index (κ2) is 6.50. The molecule has 0 amide bonds. The van der Waals surface area contributed by atoms with E-state index in [2.05, 4.69) is 73.3 Å². The van der Waals surface area contributed by atoms with Gasteiger partial charge in [-0.15, -0.1) is 0 Å². The van der Waals surface area contributed by atoms with Crippen molar-refractivity contribution in [3.8, 4) is 0 Å². The molecule has 0 N–H and O–H groups in total. The SMILES string of the molecule is CC1=C(Cl)C=C=c2oc3ccccc3c2=C1c1ccc2c(ccc3ccccc32)c1. The maximum atomic E-state index is 6.61. The molecule has 0 saturated carbocycles. The topological polar surface area (TPSA) is 13.1 Å². The van der Waals surface area contributed by atoms with E-state index in [4.69, 9.17) is 16.0 Å². The molecule has 1 heterocycles. The Balaban J connectivity index is 1.76. The maximum absolute atomic E-state index is 6.61. The van der Waals surface area contributed by atoms with Crippen molar-refractivity contribution in [3.05, 3.63) is 112 Å². The van der Waals surface area contributed by atoms with E-state index in [0.717, 1.165) is 38.3 Å². The molecule has 30 heavy (non-hydrogen) atoms. The molecule has 4 aromatic carbocycles. The molecule has 0 aliphatic heterocycles. The summed E-state index contributed by atoms with van der Waals surface area (Å²) in [6.45, 7) is 2.07. The average Bonchev–Trinajstić information content (AvgIpc) is 3.10. The first-order valence-corrected chi connectivity index (χ1v) is 10.4. The number of halogens is 1. The molecular formula is C28H17ClO. The van der Waals surface area contributed by atoms with Crippen LogP contribution in [0.2, 0.25) is 0 Å². The fraction of sp³-hybridized carbons (Fsp3) is 0.0357. The minimum Gasteiger partial charge on any atom is -0.448 e. The third-order valence-corrected chi connectivity index (χ3v) is 6.33. The number of allylic oxidation sites excluding steroid dienone is 3. The highest BCUT2D eigenvalue weighted by Crippen LogP contribution is 2.31. The Morgan fingerprint density at radius 3 is 2.40 bits per heavy atom.